The van der Waals surface area contributed by atoms with Gasteiger partial charge >= 0.3 is 5.97 Å². The van der Waals surface area contributed by atoms with E-state index in [1.165, 1.54) is 7.11 Å². The van der Waals surface area contributed by atoms with Crippen molar-refractivity contribution in [2.75, 3.05) is 34.7 Å². The first-order chi connectivity index (χ1) is 14.5. The van der Waals surface area contributed by atoms with Gasteiger partial charge in [0.2, 0.25) is 6.79 Å². The Kier molecular flexibility index (Phi) is 5.59. The van der Waals surface area contributed by atoms with Crippen LogP contribution in [-0.4, -0.2) is 50.6 Å². The Balaban J connectivity index is 1.69. The minimum Gasteiger partial charge on any atom is -0.507 e. The van der Waals surface area contributed by atoms with Crippen molar-refractivity contribution in [3.63, 3.8) is 0 Å². The number of benzene rings is 2. The molecule has 2 heterocycles. The molecule has 8 nitrogen and oxygen atoms in total. The van der Waals surface area contributed by atoms with Crippen molar-refractivity contribution in [2.24, 2.45) is 0 Å². The zero-order valence-corrected chi connectivity index (χ0v) is 17.3. The molecule has 30 heavy (non-hydrogen) atoms. The van der Waals surface area contributed by atoms with E-state index in [4.69, 9.17) is 23.7 Å². The smallest absolute Gasteiger partial charge is 0.307 e. The molecule has 0 fully saturated rings. The van der Waals surface area contributed by atoms with Gasteiger partial charge in [-0.3, -0.25) is 9.69 Å². The molecule has 0 saturated carbocycles. The van der Waals surface area contributed by atoms with Crippen molar-refractivity contribution in [1.82, 2.24) is 4.90 Å². The molecule has 2 aliphatic rings. The number of phenolic OH excluding ortho intramolecular Hbond substituents is 1. The minimum absolute atomic E-state index is 0.133. The average molecular weight is 415 g/mol. The number of hydrogen-bond donors (Lipinski definition) is 1. The van der Waals surface area contributed by atoms with Gasteiger partial charge in [-0.2, -0.15) is 0 Å². The Morgan fingerprint density at radius 3 is 2.50 bits per heavy atom. The lowest BCUT2D eigenvalue weighted by Crippen LogP contribution is -2.36. The summed E-state index contributed by atoms with van der Waals surface area (Å²) < 4.78 is 26.6. The Morgan fingerprint density at radius 1 is 1.10 bits per heavy atom. The molecule has 0 spiro atoms. The van der Waals surface area contributed by atoms with Gasteiger partial charge in [-0.05, 0) is 35.7 Å². The normalized spacial score (nSPS) is 17.4. The number of ether oxygens (including phenoxy) is 5. The van der Waals surface area contributed by atoms with Crippen LogP contribution in [0, 0.1) is 0 Å². The van der Waals surface area contributed by atoms with Crippen LogP contribution < -0.4 is 18.9 Å². The van der Waals surface area contributed by atoms with Crippen LogP contribution >= 0.6 is 0 Å². The molecule has 0 saturated heterocycles. The first-order valence-corrected chi connectivity index (χ1v) is 9.71. The third kappa shape index (κ3) is 3.70. The number of carbonyl (C=O) groups excluding carboxylic acids is 1. The molecule has 0 aliphatic carbocycles. The van der Waals surface area contributed by atoms with E-state index < -0.39 is 0 Å². The van der Waals surface area contributed by atoms with Crippen molar-refractivity contribution in [2.45, 2.75) is 25.4 Å². The van der Waals surface area contributed by atoms with Crippen molar-refractivity contribution in [3.8, 4) is 28.7 Å². The van der Waals surface area contributed by atoms with E-state index >= 15 is 0 Å². The Labute approximate surface area is 174 Å². The van der Waals surface area contributed by atoms with E-state index in [1.807, 2.05) is 12.1 Å². The Bertz CT molecular complexity index is 959. The molecule has 0 radical (unpaired) electrons. The summed E-state index contributed by atoms with van der Waals surface area (Å²) in [5.41, 5.74) is 2.80. The molecule has 4 rings (SSSR count). The summed E-state index contributed by atoms with van der Waals surface area (Å²) in [5.74, 6) is 2.24. The summed E-state index contributed by atoms with van der Waals surface area (Å²) in [6, 6.07) is 7.02. The number of carbonyl (C=O) groups is 1. The van der Waals surface area contributed by atoms with Crippen LogP contribution in [-0.2, 0) is 22.5 Å². The number of methoxy groups -OCH3 is 3. The molecule has 0 bridgehead atoms. The maximum atomic E-state index is 12.2. The lowest BCUT2D eigenvalue weighted by molar-refractivity contribution is -0.142. The molecule has 2 aromatic rings. The number of hydrogen-bond acceptors (Lipinski definition) is 8. The number of phenols is 1. The van der Waals surface area contributed by atoms with Crippen molar-refractivity contribution < 1.29 is 33.6 Å². The van der Waals surface area contributed by atoms with Crippen LogP contribution in [0.2, 0.25) is 0 Å². The van der Waals surface area contributed by atoms with Crippen LogP contribution in [0.3, 0.4) is 0 Å². The highest BCUT2D eigenvalue weighted by Gasteiger charge is 2.32. The molecular weight excluding hydrogens is 390 g/mol. The van der Waals surface area contributed by atoms with Gasteiger partial charge in [0.1, 0.15) is 5.75 Å². The second kappa shape index (κ2) is 8.31. The van der Waals surface area contributed by atoms with Gasteiger partial charge in [-0.15, -0.1) is 0 Å². The number of esters is 1. The summed E-state index contributed by atoms with van der Waals surface area (Å²) in [6.07, 6.45) is 0.961. The van der Waals surface area contributed by atoms with E-state index in [1.54, 1.807) is 26.4 Å². The van der Waals surface area contributed by atoms with Crippen molar-refractivity contribution in [3.05, 3.63) is 41.0 Å². The molecule has 1 atom stereocenters. The van der Waals surface area contributed by atoms with Crippen molar-refractivity contribution in [1.29, 1.82) is 0 Å². The fourth-order valence-corrected chi connectivity index (χ4v) is 4.07. The SMILES string of the molecule is COC(=O)C[C@@H]1c2cc(OC)c(OC)cc2CCN1Cc1cc2c(cc1O)OCO2. The van der Waals surface area contributed by atoms with E-state index in [2.05, 4.69) is 4.90 Å². The fourth-order valence-electron chi connectivity index (χ4n) is 4.07. The van der Waals surface area contributed by atoms with Crippen LogP contribution in [0.4, 0.5) is 0 Å². The lowest BCUT2D eigenvalue weighted by Gasteiger charge is -2.37. The second-order valence-electron chi connectivity index (χ2n) is 7.26. The van der Waals surface area contributed by atoms with E-state index in [-0.39, 0.29) is 31.0 Å². The number of nitrogens with zero attached hydrogens (tertiary/aromatic N) is 1. The summed E-state index contributed by atoms with van der Waals surface area (Å²) >= 11 is 0. The Morgan fingerprint density at radius 2 is 1.80 bits per heavy atom. The molecule has 2 aromatic carbocycles. The highest BCUT2D eigenvalue weighted by atomic mass is 16.7. The largest absolute Gasteiger partial charge is 0.507 e. The van der Waals surface area contributed by atoms with Crippen LogP contribution in [0.15, 0.2) is 24.3 Å². The molecule has 2 aliphatic heterocycles. The average Bonchev–Trinajstić information content (AvgIpc) is 3.21. The highest BCUT2D eigenvalue weighted by Crippen LogP contribution is 2.42. The van der Waals surface area contributed by atoms with Crippen LogP contribution in [0.1, 0.15) is 29.2 Å². The van der Waals surface area contributed by atoms with Gasteiger partial charge in [0.05, 0.1) is 27.8 Å². The van der Waals surface area contributed by atoms with Gasteiger partial charge in [0.25, 0.3) is 0 Å². The summed E-state index contributed by atoms with van der Waals surface area (Å²) in [7, 11) is 4.58. The summed E-state index contributed by atoms with van der Waals surface area (Å²) in [5, 5.41) is 10.5. The van der Waals surface area contributed by atoms with Gasteiger partial charge in [0, 0.05) is 30.8 Å². The standard InChI is InChI=1S/C22H25NO7/c1-26-18-6-13-4-5-23(11-14-7-20-21(10-17(14)24)30-12-29-20)16(9-22(25)28-3)15(13)8-19(18)27-2/h6-8,10,16,24H,4-5,9,11-12H2,1-3H3/t16-/m1/s1. The van der Waals surface area contributed by atoms with Gasteiger partial charge in [-0.25, -0.2) is 0 Å². The van der Waals surface area contributed by atoms with E-state index in [0.717, 1.165) is 17.5 Å². The molecule has 0 aromatic heterocycles. The molecular formula is C22H25NO7. The quantitative estimate of drug-likeness (QED) is 0.721. The summed E-state index contributed by atoms with van der Waals surface area (Å²) in [6.45, 7) is 1.29. The van der Waals surface area contributed by atoms with Crippen LogP contribution in [0.25, 0.3) is 0 Å². The first kappa shape index (κ1) is 20.2. The molecule has 1 N–H and O–H groups in total. The van der Waals surface area contributed by atoms with E-state index in [0.29, 0.717) is 41.7 Å². The zero-order valence-electron chi connectivity index (χ0n) is 17.3. The zero-order chi connectivity index (χ0) is 21.3. The highest BCUT2D eigenvalue weighted by molar-refractivity contribution is 5.70. The van der Waals surface area contributed by atoms with Gasteiger partial charge in [-0.1, -0.05) is 0 Å². The van der Waals surface area contributed by atoms with Gasteiger partial charge in [0.15, 0.2) is 23.0 Å². The maximum absolute atomic E-state index is 12.2. The van der Waals surface area contributed by atoms with Gasteiger partial charge < -0.3 is 28.8 Å². The molecule has 160 valence electrons. The predicted molar refractivity (Wildman–Crippen MR) is 107 cm³/mol. The Hall–Kier alpha value is -3.13. The lowest BCUT2D eigenvalue weighted by atomic mass is 9.89. The molecule has 0 amide bonds. The molecule has 8 heteroatoms. The molecule has 0 unspecified atom stereocenters. The third-order valence-corrected chi connectivity index (χ3v) is 5.65. The fraction of sp³-hybridized carbons (Fsp3) is 0.409. The number of aromatic hydroxyl groups is 1. The number of fused-ring (bicyclic) bond motifs is 2. The monoisotopic (exact) mass is 415 g/mol. The maximum Gasteiger partial charge on any atom is 0.307 e. The number of rotatable bonds is 6. The van der Waals surface area contributed by atoms with Crippen molar-refractivity contribution >= 4 is 5.97 Å². The van der Waals surface area contributed by atoms with E-state index in [9.17, 15) is 9.90 Å². The van der Waals surface area contributed by atoms with Crippen LogP contribution in [0.5, 0.6) is 28.7 Å². The third-order valence-electron chi connectivity index (χ3n) is 5.65. The predicted octanol–water partition coefficient (Wildman–Crippen LogP) is 2.80. The first-order valence-electron chi connectivity index (χ1n) is 9.71. The summed E-state index contributed by atoms with van der Waals surface area (Å²) in [4.78, 5) is 14.4. The second-order valence-corrected chi connectivity index (χ2v) is 7.26. The topological polar surface area (TPSA) is 86.7 Å². The minimum atomic E-state index is -0.303.